The van der Waals surface area contributed by atoms with Gasteiger partial charge in [-0.1, -0.05) is 36.4 Å². The molecule has 0 spiro atoms. The summed E-state index contributed by atoms with van der Waals surface area (Å²) in [7, 11) is 3.23. The van der Waals surface area contributed by atoms with Crippen LogP contribution in [0.4, 0.5) is 0 Å². The van der Waals surface area contributed by atoms with Crippen molar-refractivity contribution in [2.45, 2.75) is 26.0 Å². The molecule has 0 saturated carbocycles. The normalized spacial score (nSPS) is 11.9. The van der Waals surface area contributed by atoms with Gasteiger partial charge in [0.2, 0.25) is 0 Å². The number of aliphatic hydroxyl groups excluding tert-OH is 1. The van der Waals surface area contributed by atoms with Crippen LogP contribution in [0.1, 0.15) is 18.1 Å². The summed E-state index contributed by atoms with van der Waals surface area (Å²) in [5.41, 5.74) is 2.12. The number of nitrogens with one attached hydrogen (secondary N) is 2. The van der Waals surface area contributed by atoms with Crippen LogP contribution in [0.2, 0.25) is 0 Å². The molecule has 0 saturated heterocycles. The summed E-state index contributed by atoms with van der Waals surface area (Å²) in [6.45, 7) is 3.66. The fourth-order valence-electron chi connectivity index (χ4n) is 2.66. The van der Waals surface area contributed by atoms with Crippen molar-refractivity contribution in [2.24, 2.45) is 4.99 Å². The van der Waals surface area contributed by atoms with E-state index in [4.69, 9.17) is 9.47 Å². The standard InChI is InChI=1S/C21H29N3O3.HI/c1-4-22-21(24-15-18(25)12-16-8-6-5-7-9-16)23-14-17-10-11-19(26-2)20(13-17)27-3;/h5-11,13,18,25H,4,12,14-15H2,1-3H3,(H2,22,23,24);1H. The lowest BCUT2D eigenvalue weighted by Gasteiger charge is -2.15. The van der Waals surface area contributed by atoms with Crippen LogP contribution in [0.5, 0.6) is 11.5 Å². The second-order valence-corrected chi connectivity index (χ2v) is 6.11. The number of hydrogen-bond donors (Lipinski definition) is 3. The predicted octanol–water partition coefficient (Wildman–Crippen LogP) is 2.98. The monoisotopic (exact) mass is 499 g/mol. The van der Waals surface area contributed by atoms with Crippen molar-refractivity contribution in [3.05, 3.63) is 59.7 Å². The van der Waals surface area contributed by atoms with Gasteiger partial charge in [0.1, 0.15) is 0 Å². The van der Waals surface area contributed by atoms with E-state index in [0.29, 0.717) is 37.0 Å². The molecule has 0 aliphatic carbocycles. The van der Waals surface area contributed by atoms with Crippen molar-refractivity contribution in [1.82, 2.24) is 10.6 Å². The third kappa shape index (κ3) is 7.93. The highest BCUT2D eigenvalue weighted by molar-refractivity contribution is 14.0. The smallest absolute Gasteiger partial charge is 0.191 e. The lowest BCUT2D eigenvalue weighted by atomic mass is 10.1. The molecule has 7 heteroatoms. The highest BCUT2D eigenvalue weighted by Gasteiger charge is 2.08. The number of aliphatic imine (C=N–C) groups is 1. The van der Waals surface area contributed by atoms with Gasteiger partial charge in [0, 0.05) is 19.5 Å². The Bertz CT molecular complexity index is 726. The largest absolute Gasteiger partial charge is 0.493 e. The highest BCUT2D eigenvalue weighted by atomic mass is 127. The van der Waals surface area contributed by atoms with Crippen LogP contribution in [0, 0.1) is 0 Å². The second-order valence-electron chi connectivity index (χ2n) is 6.11. The Labute approximate surface area is 184 Å². The van der Waals surface area contributed by atoms with Crippen molar-refractivity contribution in [1.29, 1.82) is 0 Å². The third-order valence-electron chi connectivity index (χ3n) is 4.03. The number of ether oxygens (including phenoxy) is 2. The maximum absolute atomic E-state index is 10.3. The number of nitrogens with zero attached hydrogens (tertiary/aromatic N) is 1. The van der Waals surface area contributed by atoms with Crippen molar-refractivity contribution >= 4 is 29.9 Å². The van der Waals surface area contributed by atoms with E-state index in [9.17, 15) is 5.11 Å². The van der Waals surface area contributed by atoms with Gasteiger partial charge in [-0.2, -0.15) is 0 Å². The summed E-state index contributed by atoms with van der Waals surface area (Å²) in [6.07, 6.45) is 0.112. The van der Waals surface area contributed by atoms with Crippen LogP contribution < -0.4 is 20.1 Å². The first kappa shape index (κ1) is 24.0. The van der Waals surface area contributed by atoms with Crippen molar-refractivity contribution in [3.8, 4) is 11.5 Å². The molecule has 0 aliphatic rings. The summed E-state index contributed by atoms with van der Waals surface area (Å²) in [6, 6.07) is 15.7. The number of hydrogen-bond acceptors (Lipinski definition) is 4. The van der Waals surface area contributed by atoms with E-state index in [0.717, 1.165) is 17.7 Å². The molecular weight excluding hydrogens is 469 g/mol. The lowest BCUT2D eigenvalue weighted by molar-refractivity contribution is 0.177. The van der Waals surface area contributed by atoms with Crippen LogP contribution in [-0.2, 0) is 13.0 Å². The van der Waals surface area contributed by atoms with E-state index >= 15 is 0 Å². The maximum atomic E-state index is 10.3. The minimum atomic E-state index is -0.489. The molecule has 1 atom stereocenters. The van der Waals surface area contributed by atoms with E-state index in [1.807, 2.05) is 55.5 Å². The van der Waals surface area contributed by atoms with Gasteiger partial charge in [-0.15, -0.1) is 24.0 Å². The molecule has 0 fully saturated rings. The van der Waals surface area contributed by atoms with E-state index in [1.165, 1.54) is 0 Å². The first-order chi connectivity index (χ1) is 13.2. The van der Waals surface area contributed by atoms with Crippen molar-refractivity contribution < 1.29 is 14.6 Å². The molecule has 2 aromatic carbocycles. The predicted molar refractivity (Wildman–Crippen MR) is 124 cm³/mol. The zero-order valence-electron chi connectivity index (χ0n) is 16.6. The van der Waals surface area contributed by atoms with Crippen molar-refractivity contribution in [3.63, 3.8) is 0 Å². The maximum Gasteiger partial charge on any atom is 0.191 e. The van der Waals surface area contributed by atoms with Gasteiger partial charge >= 0.3 is 0 Å². The molecule has 0 heterocycles. The summed E-state index contributed by atoms with van der Waals surface area (Å²) in [4.78, 5) is 4.58. The zero-order valence-corrected chi connectivity index (χ0v) is 19.0. The Morgan fingerprint density at radius 3 is 2.36 bits per heavy atom. The Morgan fingerprint density at radius 2 is 1.71 bits per heavy atom. The quantitative estimate of drug-likeness (QED) is 0.281. The van der Waals surface area contributed by atoms with Crippen LogP contribution in [0.25, 0.3) is 0 Å². The Kier molecular flexibility index (Phi) is 11.4. The number of guanidine groups is 1. The molecule has 154 valence electrons. The topological polar surface area (TPSA) is 75.1 Å². The molecule has 3 N–H and O–H groups in total. The molecule has 0 aliphatic heterocycles. The summed E-state index contributed by atoms with van der Waals surface area (Å²) in [5.74, 6) is 2.04. The molecule has 2 aromatic rings. The average molecular weight is 499 g/mol. The van der Waals surface area contributed by atoms with Gasteiger partial charge in [-0.05, 0) is 30.2 Å². The summed E-state index contributed by atoms with van der Waals surface area (Å²) < 4.78 is 10.6. The van der Waals surface area contributed by atoms with Gasteiger partial charge in [0.15, 0.2) is 17.5 Å². The number of methoxy groups -OCH3 is 2. The summed E-state index contributed by atoms with van der Waals surface area (Å²) >= 11 is 0. The molecule has 0 amide bonds. The minimum absolute atomic E-state index is 0. The molecule has 0 radical (unpaired) electrons. The first-order valence-electron chi connectivity index (χ1n) is 9.11. The van der Waals surface area contributed by atoms with Crippen molar-refractivity contribution in [2.75, 3.05) is 27.3 Å². The fraction of sp³-hybridized carbons (Fsp3) is 0.381. The number of benzene rings is 2. The lowest BCUT2D eigenvalue weighted by Crippen LogP contribution is -2.41. The molecule has 2 rings (SSSR count). The average Bonchev–Trinajstić information content (AvgIpc) is 2.70. The third-order valence-corrected chi connectivity index (χ3v) is 4.03. The van der Waals surface area contributed by atoms with Crippen LogP contribution in [-0.4, -0.2) is 44.5 Å². The molecule has 6 nitrogen and oxygen atoms in total. The summed E-state index contributed by atoms with van der Waals surface area (Å²) in [5, 5.41) is 16.6. The Balaban J connectivity index is 0.00000392. The SMILES string of the molecule is CCNC(=NCc1ccc(OC)c(OC)c1)NCC(O)Cc1ccccc1.I. The Morgan fingerprint density at radius 1 is 1.00 bits per heavy atom. The minimum Gasteiger partial charge on any atom is -0.493 e. The second kappa shape index (κ2) is 13.2. The van der Waals surface area contributed by atoms with Crippen LogP contribution in [0.3, 0.4) is 0 Å². The number of halogens is 1. The van der Waals surface area contributed by atoms with Gasteiger partial charge in [0.25, 0.3) is 0 Å². The Hall–Kier alpha value is -2.00. The molecule has 0 bridgehead atoms. The number of aliphatic hydroxyl groups is 1. The van der Waals surface area contributed by atoms with E-state index in [2.05, 4.69) is 15.6 Å². The van der Waals surface area contributed by atoms with Gasteiger partial charge in [-0.25, -0.2) is 4.99 Å². The first-order valence-corrected chi connectivity index (χ1v) is 9.11. The van der Waals surface area contributed by atoms with E-state index in [1.54, 1.807) is 14.2 Å². The van der Waals surface area contributed by atoms with Crippen LogP contribution >= 0.6 is 24.0 Å². The van der Waals surface area contributed by atoms with Gasteiger partial charge in [-0.3, -0.25) is 0 Å². The molecule has 1 unspecified atom stereocenters. The molecule has 0 aromatic heterocycles. The molecule has 28 heavy (non-hydrogen) atoms. The van der Waals surface area contributed by atoms with Gasteiger partial charge < -0.3 is 25.2 Å². The van der Waals surface area contributed by atoms with Gasteiger partial charge in [0.05, 0.1) is 26.9 Å². The molecular formula is C21H30IN3O3. The van der Waals surface area contributed by atoms with Crippen LogP contribution in [0.15, 0.2) is 53.5 Å². The number of rotatable bonds is 9. The zero-order chi connectivity index (χ0) is 19.5. The fourth-order valence-corrected chi connectivity index (χ4v) is 2.66. The van der Waals surface area contributed by atoms with E-state index in [-0.39, 0.29) is 24.0 Å². The highest BCUT2D eigenvalue weighted by Crippen LogP contribution is 2.27. The van der Waals surface area contributed by atoms with E-state index < -0.39 is 6.10 Å².